The first-order valence-corrected chi connectivity index (χ1v) is 16.7. The Kier molecular flexibility index (Phi) is 4.91. The van der Waals surface area contributed by atoms with Crippen LogP contribution in [0.2, 0.25) is 0 Å². The molecule has 1 aliphatic heterocycles. The molecule has 0 fully saturated rings. The van der Waals surface area contributed by atoms with Gasteiger partial charge in [-0.3, -0.25) is 0 Å². The van der Waals surface area contributed by atoms with Gasteiger partial charge >= 0.3 is 125 Å². The van der Waals surface area contributed by atoms with E-state index >= 15 is 0 Å². The molecule has 0 aromatic heterocycles. The summed E-state index contributed by atoms with van der Waals surface area (Å²) in [6, 6.07) is 0. The molecule has 15 heavy (non-hydrogen) atoms. The molecular formula is C10H10Br2Se3. The van der Waals surface area contributed by atoms with E-state index in [0.29, 0.717) is 0 Å². The van der Waals surface area contributed by atoms with Crippen molar-refractivity contribution in [3.63, 3.8) is 0 Å². The summed E-state index contributed by atoms with van der Waals surface area (Å²) >= 11 is 10.1. The number of hydrogen-bond acceptors (Lipinski definition) is 0. The number of hydrogen-bond donors (Lipinski definition) is 0. The zero-order chi connectivity index (χ0) is 11.0. The van der Waals surface area contributed by atoms with Crippen LogP contribution in [-0.2, 0) is 12.8 Å². The van der Waals surface area contributed by atoms with Crippen molar-refractivity contribution in [2.45, 2.75) is 26.7 Å². The first-order chi connectivity index (χ1) is 7.20. The van der Waals surface area contributed by atoms with E-state index in [1.807, 2.05) is 0 Å². The SMILES string of the molecule is CCc1c(Br)c(Br)c(CC)c2c1[Se][Se][Se]2. The van der Waals surface area contributed by atoms with Crippen LogP contribution in [0.5, 0.6) is 0 Å². The molecular weight excluding hydrogens is 517 g/mol. The van der Waals surface area contributed by atoms with E-state index in [1.54, 1.807) is 20.1 Å². The molecule has 2 rings (SSSR count). The van der Waals surface area contributed by atoms with Gasteiger partial charge in [-0.2, -0.15) is 0 Å². The maximum absolute atomic E-state index is 3.76. The number of rotatable bonds is 2. The first kappa shape index (κ1) is 13.2. The van der Waals surface area contributed by atoms with E-state index in [0.717, 1.165) is 37.6 Å². The number of fused-ring (bicyclic) bond motifs is 1. The Balaban J connectivity index is 2.72. The van der Waals surface area contributed by atoms with Crippen LogP contribution >= 0.6 is 31.9 Å². The van der Waals surface area contributed by atoms with Crippen molar-refractivity contribution in [3.8, 4) is 0 Å². The van der Waals surface area contributed by atoms with Gasteiger partial charge in [0.15, 0.2) is 0 Å². The average molecular weight is 527 g/mol. The summed E-state index contributed by atoms with van der Waals surface area (Å²) in [5, 5.41) is 0. The van der Waals surface area contributed by atoms with Crippen molar-refractivity contribution in [1.82, 2.24) is 0 Å². The Hall–Kier alpha value is 1.74. The molecule has 1 heterocycles. The second-order valence-electron chi connectivity index (χ2n) is 3.19. The van der Waals surface area contributed by atoms with E-state index in [1.165, 1.54) is 21.8 Å². The van der Waals surface area contributed by atoms with Crippen LogP contribution in [0.1, 0.15) is 25.0 Å². The van der Waals surface area contributed by atoms with Crippen molar-refractivity contribution < 1.29 is 0 Å². The van der Waals surface area contributed by atoms with Crippen molar-refractivity contribution >= 4 is 78.4 Å². The summed E-state index contributed by atoms with van der Waals surface area (Å²) in [6.45, 7) is 4.54. The van der Waals surface area contributed by atoms with Gasteiger partial charge in [0, 0.05) is 0 Å². The molecule has 1 aromatic rings. The van der Waals surface area contributed by atoms with Gasteiger partial charge in [-0.25, -0.2) is 0 Å². The third-order valence-corrected chi connectivity index (χ3v) is 21.1. The minimum atomic E-state index is 0.806. The van der Waals surface area contributed by atoms with E-state index in [2.05, 4.69) is 45.7 Å². The van der Waals surface area contributed by atoms with Gasteiger partial charge in [-0.15, -0.1) is 0 Å². The van der Waals surface area contributed by atoms with Gasteiger partial charge in [0.1, 0.15) is 0 Å². The zero-order valence-corrected chi connectivity index (χ0v) is 16.7. The van der Waals surface area contributed by atoms with Gasteiger partial charge in [0.25, 0.3) is 0 Å². The standard InChI is InChI=1S/C10H10Br2Se3/c1-3-5-7(11)8(12)6(4-2)10-9(5)13-15-14-10/h3-4H2,1-2H3. The second-order valence-corrected chi connectivity index (χ2v) is 20.3. The predicted octanol–water partition coefficient (Wildman–Crippen LogP) is 1.54. The molecule has 0 N–H and O–H groups in total. The van der Waals surface area contributed by atoms with Gasteiger partial charge in [-0.05, 0) is 0 Å². The molecule has 0 aliphatic carbocycles. The van der Waals surface area contributed by atoms with Gasteiger partial charge in [0.05, 0.1) is 0 Å². The monoisotopic (exact) mass is 528 g/mol. The topological polar surface area (TPSA) is 0 Å². The zero-order valence-electron chi connectivity index (χ0n) is 8.39. The van der Waals surface area contributed by atoms with Crippen LogP contribution in [0.15, 0.2) is 8.95 Å². The molecule has 5 heteroatoms. The quantitative estimate of drug-likeness (QED) is 0.513. The van der Waals surface area contributed by atoms with Crippen molar-refractivity contribution in [3.05, 3.63) is 20.1 Å². The molecule has 0 saturated carbocycles. The molecule has 0 atom stereocenters. The van der Waals surface area contributed by atoms with Crippen molar-refractivity contribution in [2.24, 2.45) is 0 Å². The molecule has 0 radical (unpaired) electrons. The predicted molar refractivity (Wildman–Crippen MR) is 77.1 cm³/mol. The third-order valence-electron chi connectivity index (χ3n) is 2.42. The van der Waals surface area contributed by atoms with Crippen LogP contribution in [0.25, 0.3) is 0 Å². The molecule has 0 bridgehead atoms. The molecule has 0 unspecified atom stereocenters. The second kappa shape index (κ2) is 5.59. The van der Waals surface area contributed by atoms with Gasteiger partial charge < -0.3 is 0 Å². The van der Waals surface area contributed by atoms with Crippen LogP contribution in [0.4, 0.5) is 0 Å². The molecule has 0 spiro atoms. The summed E-state index contributed by atoms with van der Waals surface area (Å²) in [6.07, 6.45) is 2.33. The molecule has 1 aromatic carbocycles. The van der Waals surface area contributed by atoms with Crippen molar-refractivity contribution in [1.29, 1.82) is 0 Å². The minimum absolute atomic E-state index is 0.806. The fourth-order valence-corrected chi connectivity index (χ4v) is 25.5. The van der Waals surface area contributed by atoms with Crippen molar-refractivity contribution in [2.75, 3.05) is 0 Å². The molecule has 82 valence electrons. The number of halogens is 2. The van der Waals surface area contributed by atoms with E-state index in [9.17, 15) is 0 Å². The third kappa shape index (κ3) is 2.33. The molecule has 0 amide bonds. The molecule has 0 saturated heterocycles. The maximum atomic E-state index is 3.76. The van der Waals surface area contributed by atoms with Crippen LogP contribution in [0.3, 0.4) is 0 Å². The van der Waals surface area contributed by atoms with E-state index in [4.69, 9.17) is 0 Å². The first-order valence-electron chi connectivity index (χ1n) is 4.74. The Morgan fingerprint density at radius 1 is 0.867 bits per heavy atom. The number of benzene rings is 1. The fourth-order valence-electron chi connectivity index (χ4n) is 1.63. The van der Waals surface area contributed by atoms with E-state index in [-0.39, 0.29) is 0 Å². The Labute approximate surface area is 124 Å². The summed E-state index contributed by atoms with van der Waals surface area (Å²) in [7, 11) is 0. The molecule has 0 nitrogen and oxygen atoms in total. The van der Waals surface area contributed by atoms with Gasteiger partial charge in [0.2, 0.25) is 0 Å². The van der Waals surface area contributed by atoms with Crippen LogP contribution < -0.4 is 8.92 Å². The normalized spacial score (nSPS) is 14.4. The summed E-state index contributed by atoms with van der Waals surface area (Å²) < 4.78 is 6.15. The Bertz CT molecular complexity index is 367. The Morgan fingerprint density at radius 3 is 1.60 bits per heavy atom. The summed E-state index contributed by atoms with van der Waals surface area (Å²) in [5.41, 5.74) is 3.16. The molecule has 1 aliphatic rings. The average Bonchev–Trinajstić information content (AvgIpc) is 2.69. The van der Waals surface area contributed by atoms with E-state index < -0.39 is 0 Å². The van der Waals surface area contributed by atoms with Crippen LogP contribution in [0, 0.1) is 0 Å². The Morgan fingerprint density at radius 2 is 1.27 bits per heavy atom. The van der Waals surface area contributed by atoms with Gasteiger partial charge in [-0.1, -0.05) is 0 Å². The van der Waals surface area contributed by atoms with Crippen LogP contribution in [-0.4, -0.2) is 37.6 Å². The summed E-state index contributed by atoms with van der Waals surface area (Å²) in [4.78, 5) is 0. The fraction of sp³-hybridized carbons (Fsp3) is 0.400. The summed E-state index contributed by atoms with van der Waals surface area (Å²) in [5.74, 6) is 0.